The number of benzene rings is 2. The number of carbonyl (C=O) groups is 2. The number of carbonyl (C=O) groups excluding carboxylic acids is 2. The molecule has 3 rings (SSSR count). The molecule has 0 radical (unpaired) electrons. The van der Waals surface area contributed by atoms with E-state index in [1.807, 2.05) is 30.3 Å². The van der Waals surface area contributed by atoms with Crippen LogP contribution < -0.4 is 4.90 Å². The molecule has 1 fully saturated rings. The van der Waals surface area contributed by atoms with Crippen LogP contribution in [0.5, 0.6) is 0 Å². The van der Waals surface area contributed by atoms with Crippen molar-refractivity contribution in [2.24, 2.45) is 5.92 Å². The summed E-state index contributed by atoms with van der Waals surface area (Å²) < 4.78 is 12.9. The molecule has 21 heavy (non-hydrogen) atoms. The molecule has 3 nitrogen and oxygen atoms in total. The fraction of sp³-hybridized carbons (Fsp3) is 0.176. The topological polar surface area (TPSA) is 37.4 Å². The molecule has 1 atom stereocenters. The molecule has 2 aromatic carbocycles. The Hall–Kier alpha value is -2.49. The predicted molar refractivity (Wildman–Crippen MR) is 77.1 cm³/mol. The summed E-state index contributed by atoms with van der Waals surface area (Å²) in [6.07, 6.45) is 0.744. The second-order valence-electron chi connectivity index (χ2n) is 5.13. The van der Waals surface area contributed by atoms with Gasteiger partial charge >= 0.3 is 0 Å². The summed E-state index contributed by atoms with van der Waals surface area (Å²) in [6.45, 7) is 0. The maximum absolute atomic E-state index is 12.9. The van der Waals surface area contributed by atoms with Gasteiger partial charge in [0.1, 0.15) is 5.82 Å². The normalized spacial score (nSPS) is 18.3. The van der Waals surface area contributed by atoms with Gasteiger partial charge in [-0.2, -0.15) is 0 Å². The Morgan fingerprint density at radius 2 is 1.67 bits per heavy atom. The summed E-state index contributed by atoms with van der Waals surface area (Å²) in [5, 5.41) is 0. The molecule has 1 saturated heterocycles. The Bertz CT molecular complexity index is 667. The minimum atomic E-state index is -0.390. The third kappa shape index (κ3) is 2.70. The van der Waals surface area contributed by atoms with Crippen molar-refractivity contribution in [2.75, 3.05) is 4.90 Å². The molecule has 0 aromatic heterocycles. The molecular weight excluding hydrogens is 269 g/mol. The number of nitrogens with zero attached hydrogens (tertiary/aromatic N) is 1. The highest BCUT2D eigenvalue weighted by Gasteiger charge is 2.39. The van der Waals surface area contributed by atoms with E-state index in [-0.39, 0.29) is 24.2 Å². The van der Waals surface area contributed by atoms with Crippen molar-refractivity contribution in [3.8, 4) is 0 Å². The van der Waals surface area contributed by atoms with Gasteiger partial charge in [0.25, 0.3) is 0 Å². The first kappa shape index (κ1) is 13.5. The minimum Gasteiger partial charge on any atom is -0.274 e. The van der Waals surface area contributed by atoms with Gasteiger partial charge in [0.2, 0.25) is 11.8 Å². The first-order valence-corrected chi connectivity index (χ1v) is 6.81. The lowest BCUT2D eigenvalue weighted by atomic mass is 9.98. The van der Waals surface area contributed by atoms with Crippen LogP contribution in [0.25, 0.3) is 0 Å². The van der Waals surface area contributed by atoms with Crippen LogP contribution in [0.4, 0.5) is 10.1 Å². The molecule has 0 saturated carbocycles. The third-order valence-corrected chi connectivity index (χ3v) is 3.65. The van der Waals surface area contributed by atoms with Crippen LogP contribution in [0.1, 0.15) is 12.0 Å². The van der Waals surface area contributed by atoms with Crippen LogP contribution in [-0.4, -0.2) is 11.8 Å². The summed E-state index contributed by atoms with van der Waals surface area (Å²) in [4.78, 5) is 25.7. The largest absolute Gasteiger partial charge is 0.274 e. The molecular formula is C17H14FNO2. The van der Waals surface area contributed by atoms with Gasteiger partial charge in [-0.25, -0.2) is 4.39 Å². The fourth-order valence-electron chi connectivity index (χ4n) is 2.61. The first-order chi connectivity index (χ1) is 10.1. The van der Waals surface area contributed by atoms with E-state index in [2.05, 4.69) is 0 Å². The Morgan fingerprint density at radius 1 is 1.00 bits per heavy atom. The van der Waals surface area contributed by atoms with Crippen molar-refractivity contribution < 1.29 is 14.0 Å². The van der Waals surface area contributed by atoms with Crippen molar-refractivity contribution in [1.29, 1.82) is 0 Å². The van der Waals surface area contributed by atoms with E-state index >= 15 is 0 Å². The van der Waals surface area contributed by atoms with Gasteiger partial charge in [0.15, 0.2) is 0 Å². The Kier molecular flexibility index (Phi) is 3.52. The van der Waals surface area contributed by atoms with Crippen LogP contribution >= 0.6 is 0 Å². The van der Waals surface area contributed by atoms with Gasteiger partial charge in [0.05, 0.1) is 11.6 Å². The second kappa shape index (κ2) is 5.48. The van der Waals surface area contributed by atoms with Crippen LogP contribution in [0.15, 0.2) is 54.6 Å². The molecule has 1 aliphatic heterocycles. The predicted octanol–water partition coefficient (Wildman–Crippen LogP) is 2.95. The fourth-order valence-corrected chi connectivity index (χ4v) is 2.61. The number of imide groups is 1. The SMILES string of the molecule is O=C1CC(Cc2ccccc2)C(=O)N1c1ccc(F)cc1. The highest BCUT2D eigenvalue weighted by atomic mass is 19.1. The molecule has 0 N–H and O–H groups in total. The van der Waals surface area contributed by atoms with Crippen molar-refractivity contribution >= 4 is 17.5 Å². The first-order valence-electron chi connectivity index (χ1n) is 6.81. The standard InChI is InChI=1S/C17H14FNO2/c18-14-6-8-15(9-7-14)19-16(20)11-13(17(19)21)10-12-4-2-1-3-5-12/h1-9,13H,10-11H2. The summed E-state index contributed by atoms with van der Waals surface area (Å²) >= 11 is 0. The highest BCUT2D eigenvalue weighted by Crippen LogP contribution is 2.28. The molecule has 4 heteroatoms. The van der Waals surface area contributed by atoms with E-state index in [9.17, 15) is 14.0 Å². The Morgan fingerprint density at radius 3 is 2.33 bits per heavy atom. The lowest BCUT2D eigenvalue weighted by molar-refractivity contribution is -0.122. The van der Waals surface area contributed by atoms with E-state index in [0.717, 1.165) is 10.5 Å². The quantitative estimate of drug-likeness (QED) is 0.812. The summed E-state index contributed by atoms with van der Waals surface area (Å²) in [6, 6.07) is 15.0. The zero-order chi connectivity index (χ0) is 14.8. The second-order valence-corrected chi connectivity index (χ2v) is 5.13. The van der Waals surface area contributed by atoms with E-state index in [4.69, 9.17) is 0 Å². The van der Waals surface area contributed by atoms with E-state index < -0.39 is 5.82 Å². The van der Waals surface area contributed by atoms with E-state index in [1.54, 1.807) is 0 Å². The van der Waals surface area contributed by atoms with Crippen molar-refractivity contribution in [3.63, 3.8) is 0 Å². The van der Waals surface area contributed by atoms with Crippen LogP contribution in [0, 0.1) is 11.7 Å². The number of amides is 2. The molecule has 106 valence electrons. The Balaban J connectivity index is 1.80. The van der Waals surface area contributed by atoms with Gasteiger partial charge < -0.3 is 0 Å². The summed E-state index contributed by atoms with van der Waals surface area (Å²) in [5.41, 5.74) is 1.46. The average molecular weight is 283 g/mol. The van der Waals surface area contributed by atoms with Crippen molar-refractivity contribution in [1.82, 2.24) is 0 Å². The maximum Gasteiger partial charge on any atom is 0.237 e. The van der Waals surface area contributed by atoms with Crippen LogP contribution in [-0.2, 0) is 16.0 Å². The molecule has 0 spiro atoms. The molecule has 2 amide bonds. The van der Waals surface area contributed by atoms with Crippen LogP contribution in [0.3, 0.4) is 0 Å². The zero-order valence-electron chi connectivity index (χ0n) is 11.3. The lowest BCUT2D eigenvalue weighted by Crippen LogP contribution is -2.30. The van der Waals surface area contributed by atoms with Crippen molar-refractivity contribution in [2.45, 2.75) is 12.8 Å². The monoisotopic (exact) mass is 283 g/mol. The molecule has 1 heterocycles. The maximum atomic E-state index is 12.9. The van der Waals surface area contributed by atoms with Crippen molar-refractivity contribution in [3.05, 3.63) is 66.0 Å². The van der Waals surface area contributed by atoms with Crippen LogP contribution in [0.2, 0.25) is 0 Å². The van der Waals surface area contributed by atoms with Gasteiger partial charge in [-0.05, 0) is 36.2 Å². The molecule has 1 unspecified atom stereocenters. The summed E-state index contributed by atoms with van der Waals surface area (Å²) in [5.74, 6) is -1.17. The highest BCUT2D eigenvalue weighted by molar-refractivity contribution is 6.20. The lowest BCUT2D eigenvalue weighted by Gasteiger charge is -2.15. The molecule has 0 aliphatic carbocycles. The van der Waals surface area contributed by atoms with Gasteiger partial charge in [0, 0.05) is 6.42 Å². The van der Waals surface area contributed by atoms with Gasteiger partial charge in [-0.1, -0.05) is 30.3 Å². The number of halogens is 1. The smallest absolute Gasteiger partial charge is 0.237 e. The third-order valence-electron chi connectivity index (χ3n) is 3.65. The molecule has 0 bridgehead atoms. The summed E-state index contributed by atoms with van der Waals surface area (Å²) in [7, 11) is 0. The average Bonchev–Trinajstić information content (AvgIpc) is 2.76. The number of hydrogen-bond acceptors (Lipinski definition) is 2. The molecule has 2 aromatic rings. The van der Waals surface area contributed by atoms with E-state index in [0.29, 0.717) is 12.1 Å². The zero-order valence-corrected chi connectivity index (χ0v) is 11.3. The number of hydrogen-bond donors (Lipinski definition) is 0. The van der Waals surface area contributed by atoms with Gasteiger partial charge in [-0.15, -0.1) is 0 Å². The Labute approximate surface area is 122 Å². The molecule has 1 aliphatic rings. The number of anilines is 1. The van der Waals surface area contributed by atoms with Gasteiger partial charge in [-0.3, -0.25) is 14.5 Å². The van der Waals surface area contributed by atoms with E-state index in [1.165, 1.54) is 24.3 Å². The minimum absolute atomic E-state index is 0.200. The number of rotatable bonds is 3.